The van der Waals surface area contributed by atoms with Gasteiger partial charge in [-0.3, -0.25) is 0 Å². The summed E-state index contributed by atoms with van der Waals surface area (Å²) in [6.45, 7) is 9.18. The van der Waals surface area contributed by atoms with E-state index in [1.165, 1.54) is 12.8 Å². The Labute approximate surface area is 150 Å². The third-order valence-electron chi connectivity index (χ3n) is 3.79. The number of hydrogen-bond acceptors (Lipinski definition) is 3. The third kappa shape index (κ3) is 5.98. The molecule has 1 aromatic heterocycles. The van der Waals surface area contributed by atoms with E-state index in [0.717, 1.165) is 30.4 Å². The highest BCUT2D eigenvalue weighted by Gasteiger charge is 2.16. The number of hydrogen-bond donors (Lipinski definition) is 2. The molecule has 0 aliphatic carbocycles. The molecule has 0 unspecified atom stereocenters. The van der Waals surface area contributed by atoms with Crippen molar-refractivity contribution >= 4 is 35.8 Å². The minimum atomic E-state index is 0. The molecule has 0 amide bonds. The summed E-state index contributed by atoms with van der Waals surface area (Å²) < 4.78 is 0. The van der Waals surface area contributed by atoms with Gasteiger partial charge in [0.15, 0.2) is 5.96 Å². The second-order valence-corrected chi connectivity index (χ2v) is 6.19. The van der Waals surface area contributed by atoms with Gasteiger partial charge < -0.3 is 16.0 Å². The van der Waals surface area contributed by atoms with E-state index in [-0.39, 0.29) is 24.0 Å². The van der Waals surface area contributed by atoms with Crippen LogP contribution in [0.4, 0.5) is 5.82 Å². The number of anilines is 1. The standard InChI is InChI=1S/C16H27N5.HI/c1-12(2)20-16(17)19-11-14-4-5-15(18-10-14)21-8-6-13(3)7-9-21;/h4-5,10,12-13H,6-9,11H2,1-3H3,(H3,17,19,20);1H. The number of pyridine rings is 1. The van der Waals surface area contributed by atoms with Gasteiger partial charge in [-0.1, -0.05) is 13.0 Å². The molecule has 1 aliphatic heterocycles. The first-order valence-corrected chi connectivity index (χ1v) is 7.81. The van der Waals surface area contributed by atoms with Gasteiger partial charge in [-0.2, -0.15) is 0 Å². The van der Waals surface area contributed by atoms with Gasteiger partial charge in [-0.25, -0.2) is 9.98 Å². The maximum atomic E-state index is 5.79. The van der Waals surface area contributed by atoms with Crippen molar-refractivity contribution in [3.05, 3.63) is 23.9 Å². The molecule has 2 rings (SSSR count). The van der Waals surface area contributed by atoms with Crippen LogP contribution in [0.2, 0.25) is 0 Å². The van der Waals surface area contributed by atoms with Crippen LogP contribution in [0.5, 0.6) is 0 Å². The lowest BCUT2D eigenvalue weighted by Crippen LogP contribution is -2.36. The Kier molecular flexibility index (Phi) is 7.92. The molecule has 22 heavy (non-hydrogen) atoms. The van der Waals surface area contributed by atoms with Gasteiger partial charge in [0.2, 0.25) is 0 Å². The van der Waals surface area contributed by atoms with Crippen LogP contribution in [-0.4, -0.2) is 30.1 Å². The second kappa shape index (κ2) is 9.17. The Morgan fingerprint density at radius 3 is 2.64 bits per heavy atom. The van der Waals surface area contributed by atoms with Crippen molar-refractivity contribution in [3.63, 3.8) is 0 Å². The van der Waals surface area contributed by atoms with Crippen LogP contribution < -0.4 is 16.0 Å². The number of halogens is 1. The highest BCUT2D eigenvalue weighted by atomic mass is 127. The van der Waals surface area contributed by atoms with Crippen LogP contribution in [0.1, 0.15) is 39.2 Å². The lowest BCUT2D eigenvalue weighted by molar-refractivity contribution is 0.436. The van der Waals surface area contributed by atoms with Crippen molar-refractivity contribution in [3.8, 4) is 0 Å². The van der Waals surface area contributed by atoms with E-state index in [2.05, 4.69) is 39.2 Å². The summed E-state index contributed by atoms with van der Waals surface area (Å²) in [5.41, 5.74) is 6.87. The van der Waals surface area contributed by atoms with E-state index in [0.29, 0.717) is 18.5 Å². The summed E-state index contributed by atoms with van der Waals surface area (Å²) in [6.07, 6.45) is 4.41. The van der Waals surface area contributed by atoms with Gasteiger partial charge in [0.25, 0.3) is 0 Å². The summed E-state index contributed by atoms with van der Waals surface area (Å²) in [4.78, 5) is 11.2. The minimum Gasteiger partial charge on any atom is -0.370 e. The van der Waals surface area contributed by atoms with Crippen LogP contribution >= 0.6 is 24.0 Å². The number of piperidine rings is 1. The Balaban J connectivity index is 0.00000242. The van der Waals surface area contributed by atoms with E-state index < -0.39 is 0 Å². The number of aliphatic imine (C=N–C) groups is 1. The van der Waals surface area contributed by atoms with Crippen molar-refractivity contribution in [1.82, 2.24) is 10.3 Å². The molecular formula is C16H28IN5. The van der Waals surface area contributed by atoms with Crippen LogP contribution in [0.25, 0.3) is 0 Å². The summed E-state index contributed by atoms with van der Waals surface area (Å²) >= 11 is 0. The molecule has 0 bridgehead atoms. The van der Waals surface area contributed by atoms with E-state index in [1.807, 2.05) is 20.0 Å². The monoisotopic (exact) mass is 417 g/mol. The Bertz CT molecular complexity index is 464. The number of guanidine groups is 1. The topological polar surface area (TPSA) is 66.5 Å². The number of nitrogens with zero attached hydrogens (tertiary/aromatic N) is 3. The van der Waals surface area contributed by atoms with Crippen LogP contribution in [-0.2, 0) is 6.54 Å². The average Bonchev–Trinajstić information content (AvgIpc) is 2.46. The smallest absolute Gasteiger partial charge is 0.189 e. The molecule has 3 N–H and O–H groups in total. The Hall–Kier alpha value is -1.05. The average molecular weight is 417 g/mol. The van der Waals surface area contributed by atoms with Crippen molar-refractivity contribution in [2.24, 2.45) is 16.6 Å². The molecule has 124 valence electrons. The number of nitrogens with one attached hydrogen (secondary N) is 1. The first-order valence-electron chi connectivity index (χ1n) is 7.81. The third-order valence-corrected chi connectivity index (χ3v) is 3.79. The van der Waals surface area contributed by atoms with Crippen molar-refractivity contribution in [2.75, 3.05) is 18.0 Å². The van der Waals surface area contributed by atoms with Crippen LogP contribution in [0, 0.1) is 5.92 Å². The van der Waals surface area contributed by atoms with Gasteiger partial charge in [0.1, 0.15) is 5.82 Å². The normalized spacial score (nSPS) is 16.5. The van der Waals surface area contributed by atoms with Gasteiger partial charge in [-0.05, 0) is 44.2 Å². The van der Waals surface area contributed by atoms with E-state index >= 15 is 0 Å². The van der Waals surface area contributed by atoms with Gasteiger partial charge in [0.05, 0.1) is 6.54 Å². The largest absolute Gasteiger partial charge is 0.370 e. The van der Waals surface area contributed by atoms with Crippen molar-refractivity contribution in [1.29, 1.82) is 0 Å². The first-order chi connectivity index (χ1) is 10.0. The highest BCUT2D eigenvalue weighted by molar-refractivity contribution is 14.0. The predicted molar refractivity (Wildman–Crippen MR) is 104 cm³/mol. The molecule has 0 aromatic carbocycles. The van der Waals surface area contributed by atoms with E-state index in [9.17, 15) is 0 Å². The molecule has 1 saturated heterocycles. The maximum Gasteiger partial charge on any atom is 0.189 e. The predicted octanol–water partition coefficient (Wildman–Crippen LogP) is 2.75. The second-order valence-electron chi connectivity index (χ2n) is 6.19. The molecule has 0 saturated carbocycles. The zero-order chi connectivity index (χ0) is 15.2. The van der Waals surface area contributed by atoms with Crippen molar-refractivity contribution < 1.29 is 0 Å². The summed E-state index contributed by atoms with van der Waals surface area (Å²) in [5.74, 6) is 2.40. The molecule has 0 spiro atoms. The molecule has 6 heteroatoms. The maximum absolute atomic E-state index is 5.79. The van der Waals surface area contributed by atoms with Gasteiger partial charge in [0, 0.05) is 25.3 Å². The lowest BCUT2D eigenvalue weighted by Gasteiger charge is -2.31. The zero-order valence-electron chi connectivity index (χ0n) is 13.7. The molecule has 5 nitrogen and oxygen atoms in total. The number of nitrogens with two attached hydrogens (primary N) is 1. The molecule has 1 aromatic rings. The zero-order valence-corrected chi connectivity index (χ0v) is 16.1. The Morgan fingerprint density at radius 2 is 2.09 bits per heavy atom. The molecule has 1 fully saturated rings. The summed E-state index contributed by atoms with van der Waals surface area (Å²) in [6, 6.07) is 4.48. The van der Waals surface area contributed by atoms with Crippen LogP contribution in [0.3, 0.4) is 0 Å². The highest BCUT2D eigenvalue weighted by Crippen LogP contribution is 2.21. The molecule has 0 atom stereocenters. The molecule has 2 heterocycles. The summed E-state index contributed by atoms with van der Waals surface area (Å²) in [5, 5.41) is 3.08. The molecule has 0 radical (unpaired) electrons. The SMILES string of the molecule is CC1CCN(c2ccc(CN=C(N)NC(C)C)cn2)CC1.I. The Morgan fingerprint density at radius 1 is 1.41 bits per heavy atom. The number of aromatic nitrogens is 1. The minimum absolute atomic E-state index is 0. The van der Waals surface area contributed by atoms with Gasteiger partial charge in [-0.15, -0.1) is 24.0 Å². The first kappa shape index (κ1) is 19.0. The number of rotatable bonds is 4. The fourth-order valence-corrected chi connectivity index (χ4v) is 2.45. The lowest BCUT2D eigenvalue weighted by atomic mass is 9.99. The quantitative estimate of drug-likeness (QED) is 0.449. The van der Waals surface area contributed by atoms with E-state index in [4.69, 9.17) is 5.73 Å². The van der Waals surface area contributed by atoms with Crippen molar-refractivity contribution in [2.45, 2.75) is 46.2 Å². The molecular weight excluding hydrogens is 389 g/mol. The summed E-state index contributed by atoms with van der Waals surface area (Å²) in [7, 11) is 0. The molecule has 1 aliphatic rings. The van der Waals surface area contributed by atoms with Crippen LogP contribution in [0.15, 0.2) is 23.3 Å². The van der Waals surface area contributed by atoms with E-state index in [1.54, 1.807) is 0 Å². The fourth-order valence-electron chi connectivity index (χ4n) is 2.45. The fraction of sp³-hybridized carbons (Fsp3) is 0.625. The van der Waals surface area contributed by atoms with Gasteiger partial charge >= 0.3 is 0 Å².